The van der Waals surface area contributed by atoms with Crippen LogP contribution in [0.1, 0.15) is 10.5 Å². The lowest BCUT2D eigenvalue weighted by Gasteiger charge is -2.03. The van der Waals surface area contributed by atoms with Crippen molar-refractivity contribution in [2.24, 2.45) is 0 Å². The molecule has 2 rings (SSSR count). The average molecular weight is 250 g/mol. The molecule has 1 atom stereocenters. The molecule has 0 radical (unpaired) electrons. The van der Waals surface area contributed by atoms with Gasteiger partial charge in [-0.15, -0.1) is 0 Å². The quantitative estimate of drug-likeness (QED) is 0.767. The first-order valence-corrected chi connectivity index (χ1v) is 5.92. The smallest absolute Gasteiger partial charge is 0.173 e. The molecule has 1 aromatic heterocycles. The Morgan fingerprint density at radius 1 is 1.29 bits per heavy atom. The van der Waals surface area contributed by atoms with Crippen molar-refractivity contribution in [2.75, 3.05) is 7.11 Å². The van der Waals surface area contributed by atoms with E-state index >= 15 is 0 Å². The summed E-state index contributed by atoms with van der Waals surface area (Å²) in [7, 11) is 0.119. The molecule has 1 heterocycles. The molecule has 0 saturated heterocycles. The van der Waals surface area contributed by atoms with Crippen LogP contribution in [-0.4, -0.2) is 26.8 Å². The zero-order valence-corrected chi connectivity index (χ0v) is 9.89. The minimum absolute atomic E-state index is 0.256. The van der Waals surface area contributed by atoms with Crippen LogP contribution in [0.5, 0.6) is 5.75 Å². The number of hydrogen-bond acceptors (Lipinski definition) is 4. The topological polar surface area (TPSA) is 61.2 Å². The second-order valence-corrected chi connectivity index (χ2v) is 4.53. The Morgan fingerprint density at radius 2 is 2.00 bits per heavy atom. The second kappa shape index (κ2) is 4.92. The van der Waals surface area contributed by atoms with E-state index in [0.29, 0.717) is 16.9 Å². The number of nitrogens with zero attached hydrogens (tertiary/aromatic N) is 2. The van der Waals surface area contributed by atoms with Crippen molar-refractivity contribution in [3.05, 3.63) is 42.2 Å². The van der Waals surface area contributed by atoms with Gasteiger partial charge in [0.15, 0.2) is 17.3 Å². The lowest BCUT2D eigenvalue weighted by molar-refractivity contribution is 0.111. The van der Waals surface area contributed by atoms with E-state index < -0.39 is 11.0 Å². The van der Waals surface area contributed by atoms with Crippen molar-refractivity contribution in [3.63, 3.8) is 0 Å². The molecule has 0 aliphatic carbocycles. The van der Waals surface area contributed by atoms with Gasteiger partial charge in [0.25, 0.3) is 0 Å². The van der Waals surface area contributed by atoms with E-state index in [4.69, 9.17) is 4.74 Å². The van der Waals surface area contributed by atoms with Crippen molar-refractivity contribution in [1.82, 2.24) is 9.19 Å². The third-order valence-electron chi connectivity index (χ3n) is 2.14. The molecule has 0 amide bonds. The van der Waals surface area contributed by atoms with Crippen LogP contribution in [0.4, 0.5) is 0 Å². The van der Waals surface area contributed by atoms with Crippen molar-refractivity contribution in [3.8, 4) is 5.75 Å². The van der Waals surface area contributed by atoms with Gasteiger partial charge in [-0.1, -0.05) is 0 Å². The molecule has 5 nitrogen and oxygen atoms in total. The summed E-state index contributed by atoms with van der Waals surface area (Å²) in [6.45, 7) is 0. The van der Waals surface area contributed by atoms with Crippen LogP contribution in [0, 0.1) is 0 Å². The summed E-state index contributed by atoms with van der Waals surface area (Å²) >= 11 is 0. The monoisotopic (exact) mass is 250 g/mol. The Kier molecular flexibility index (Phi) is 3.34. The summed E-state index contributed by atoms with van der Waals surface area (Å²) in [5.41, 5.74) is 0.256. The van der Waals surface area contributed by atoms with Gasteiger partial charge in [0.2, 0.25) is 0 Å². The van der Waals surface area contributed by atoms with Gasteiger partial charge in [-0.3, -0.25) is 4.79 Å². The summed E-state index contributed by atoms with van der Waals surface area (Å²) in [5.74, 6) is 0.694. The minimum atomic E-state index is -1.45. The zero-order valence-electron chi connectivity index (χ0n) is 9.07. The molecule has 0 spiro atoms. The number of rotatable bonds is 4. The van der Waals surface area contributed by atoms with Gasteiger partial charge >= 0.3 is 0 Å². The van der Waals surface area contributed by atoms with Gasteiger partial charge in [0.05, 0.1) is 12.0 Å². The fourth-order valence-corrected chi connectivity index (χ4v) is 2.20. The highest BCUT2D eigenvalue weighted by Gasteiger charge is 2.08. The van der Waals surface area contributed by atoms with Gasteiger partial charge in [-0.25, -0.2) is 4.21 Å². The van der Waals surface area contributed by atoms with Crippen LogP contribution < -0.4 is 4.74 Å². The molecule has 1 aromatic carbocycles. The molecule has 88 valence electrons. The first-order valence-electron chi connectivity index (χ1n) is 4.82. The van der Waals surface area contributed by atoms with E-state index in [0.717, 1.165) is 0 Å². The van der Waals surface area contributed by atoms with Gasteiger partial charge in [-0.05, 0) is 30.3 Å². The summed E-state index contributed by atoms with van der Waals surface area (Å²) in [5, 5.41) is 3.86. The van der Waals surface area contributed by atoms with E-state index in [1.807, 2.05) is 0 Å². The van der Waals surface area contributed by atoms with Crippen molar-refractivity contribution < 1.29 is 13.7 Å². The molecule has 6 heteroatoms. The SMILES string of the molecule is COc1ccc(S(=O)n2ccc(C=O)n2)cc1. The normalized spacial score (nSPS) is 12.1. The summed E-state index contributed by atoms with van der Waals surface area (Å²) < 4.78 is 18.3. The lowest BCUT2D eigenvalue weighted by Crippen LogP contribution is -2.06. The number of methoxy groups -OCH3 is 1. The summed E-state index contributed by atoms with van der Waals surface area (Å²) in [4.78, 5) is 11.1. The van der Waals surface area contributed by atoms with Crippen LogP contribution in [0.25, 0.3) is 0 Å². The average Bonchev–Trinajstić information content (AvgIpc) is 2.87. The Hall–Kier alpha value is -1.95. The second-order valence-electron chi connectivity index (χ2n) is 3.19. The maximum Gasteiger partial charge on any atom is 0.173 e. The Labute approximate surface area is 101 Å². The molecule has 0 N–H and O–H groups in total. The van der Waals surface area contributed by atoms with Gasteiger partial charge in [0.1, 0.15) is 11.4 Å². The highest BCUT2D eigenvalue weighted by molar-refractivity contribution is 7.83. The molecule has 17 heavy (non-hydrogen) atoms. The zero-order chi connectivity index (χ0) is 12.3. The molecule has 0 fully saturated rings. The number of benzene rings is 1. The molecule has 0 bridgehead atoms. The first kappa shape index (κ1) is 11.5. The predicted octanol–water partition coefficient (Wildman–Crippen LogP) is 1.28. The van der Waals surface area contributed by atoms with Crippen molar-refractivity contribution in [2.45, 2.75) is 4.90 Å². The number of aldehydes is 1. The van der Waals surface area contributed by atoms with Crippen molar-refractivity contribution >= 4 is 17.3 Å². The number of carbonyl (C=O) groups excluding carboxylic acids is 1. The standard InChI is InChI=1S/C11H10N2O3S/c1-16-10-2-4-11(5-3-10)17(15)13-7-6-9(8-14)12-13/h2-8H,1H3. The highest BCUT2D eigenvalue weighted by atomic mass is 32.2. The van der Waals surface area contributed by atoms with Crippen LogP contribution in [0.3, 0.4) is 0 Å². The maximum atomic E-state index is 12.0. The van der Waals surface area contributed by atoms with Crippen LogP contribution >= 0.6 is 0 Å². The minimum Gasteiger partial charge on any atom is -0.497 e. The number of aromatic nitrogens is 2. The third kappa shape index (κ3) is 2.42. The van der Waals surface area contributed by atoms with E-state index in [9.17, 15) is 9.00 Å². The van der Waals surface area contributed by atoms with E-state index in [-0.39, 0.29) is 5.69 Å². The predicted molar refractivity (Wildman–Crippen MR) is 62.4 cm³/mol. The number of carbonyl (C=O) groups is 1. The largest absolute Gasteiger partial charge is 0.497 e. The lowest BCUT2D eigenvalue weighted by atomic mass is 10.3. The Morgan fingerprint density at radius 3 is 2.53 bits per heavy atom. The molecular weight excluding hydrogens is 240 g/mol. The van der Waals surface area contributed by atoms with E-state index in [1.54, 1.807) is 31.4 Å². The fraction of sp³-hybridized carbons (Fsp3) is 0.0909. The van der Waals surface area contributed by atoms with Crippen molar-refractivity contribution in [1.29, 1.82) is 0 Å². The molecule has 0 aliphatic heterocycles. The highest BCUT2D eigenvalue weighted by Crippen LogP contribution is 2.15. The van der Waals surface area contributed by atoms with Gasteiger partial charge in [-0.2, -0.15) is 9.19 Å². The van der Waals surface area contributed by atoms with E-state index in [2.05, 4.69) is 5.10 Å². The third-order valence-corrected chi connectivity index (χ3v) is 3.36. The first-order chi connectivity index (χ1) is 8.24. The van der Waals surface area contributed by atoms with Gasteiger partial charge < -0.3 is 4.74 Å². The summed E-state index contributed by atoms with van der Waals surface area (Å²) in [6.07, 6.45) is 2.12. The number of hydrogen-bond donors (Lipinski definition) is 0. The Balaban J connectivity index is 2.26. The number of ether oxygens (including phenoxy) is 1. The Bertz CT molecular complexity index is 548. The summed E-state index contributed by atoms with van der Waals surface area (Å²) in [6, 6.07) is 8.33. The molecule has 1 unspecified atom stereocenters. The van der Waals surface area contributed by atoms with Gasteiger partial charge in [0, 0.05) is 6.20 Å². The van der Waals surface area contributed by atoms with Crippen LogP contribution in [-0.2, 0) is 11.0 Å². The van der Waals surface area contributed by atoms with Crippen LogP contribution in [0.15, 0.2) is 41.4 Å². The fourth-order valence-electron chi connectivity index (χ4n) is 1.28. The molecule has 0 aliphatic rings. The molecular formula is C11H10N2O3S. The molecule has 0 saturated carbocycles. The van der Waals surface area contributed by atoms with Crippen LogP contribution in [0.2, 0.25) is 0 Å². The van der Waals surface area contributed by atoms with E-state index in [1.165, 1.54) is 16.4 Å². The maximum absolute atomic E-state index is 12.0. The molecule has 2 aromatic rings.